The first-order valence-electron chi connectivity index (χ1n) is 5.60. The van der Waals surface area contributed by atoms with Gasteiger partial charge in [-0.05, 0) is 12.1 Å². The third-order valence-corrected chi connectivity index (χ3v) is 2.65. The number of hydrogen-bond acceptors (Lipinski definition) is 4. The Bertz CT molecular complexity index is 575. The fourth-order valence-electron chi connectivity index (χ4n) is 1.78. The van der Waals surface area contributed by atoms with Crippen LogP contribution in [0.3, 0.4) is 0 Å². The number of anilines is 1. The molecule has 1 aromatic carbocycles. The zero-order chi connectivity index (χ0) is 13.3. The standard InChI is InChI=1S/C12H14N4O2/c1-8(2)10-11(16(17)18)12(13)15(14-10)9-6-4-3-5-7-9/h3-8H,13H2,1-2H3. The second-order valence-electron chi connectivity index (χ2n) is 4.28. The van der Waals surface area contributed by atoms with Gasteiger partial charge in [-0.15, -0.1) is 0 Å². The molecule has 0 fully saturated rings. The number of nitro groups is 1. The first-order chi connectivity index (χ1) is 8.52. The highest BCUT2D eigenvalue weighted by Gasteiger charge is 2.28. The number of benzene rings is 1. The van der Waals surface area contributed by atoms with Crippen molar-refractivity contribution in [2.75, 3.05) is 5.73 Å². The zero-order valence-electron chi connectivity index (χ0n) is 10.2. The third kappa shape index (κ3) is 1.92. The highest BCUT2D eigenvalue weighted by atomic mass is 16.6. The van der Waals surface area contributed by atoms with E-state index < -0.39 is 4.92 Å². The monoisotopic (exact) mass is 246 g/mol. The lowest BCUT2D eigenvalue weighted by Gasteiger charge is -2.01. The number of nitrogens with zero attached hydrogens (tertiary/aromatic N) is 3. The Kier molecular flexibility index (Phi) is 3.01. The normalized spacial score (nSPS) is 10.8. The van der Waals surface area contributed by atoms with E-state index in [-0.39, 0.29) is 17.4 Å². The van der Waals surface area contributed by atoms with Crippen molar-refractivity contribution >= 4 is 11.5 Å². The maximum absolute atomic E-state index is 11.1. The van der Waals surface area contributed by atoms with Gasteiger partial charge in [0.1, 0.15) is 5.69 Å². The Balaban J connectivity index is 2.64. The average molecular weight is 246 g/mol. The summed E-state index contributed by atoms with van der Waals surface area (Å²) >= 11 is 0. The molecule has 0 unspecified atom stereocenters. The summed E-state index contributed by atoms with van der Waals surface area (Å²) in [4.78, 5) is 10.6. The van der Waals surface area contributed by atoms with Crippen LogP contribution in [0.15, 0.2) is 30.3 Å². The Morgan fingerprint density at radius 1 is 1.33 bits per heavy atom. The predicted octanol–water partition coefficient (Wildman–Crippen LogP) is 2.49. The van der Waals surface area contributed by atoms with Gasteiger partial charge in [-0.1, -0.05) is 32.0 Å². The number of para-hydroxylation sites is 1. The molecule has 18 heavy (non-hydrogen) atoms. The van der Waals surface area contributed by atoms with Crippen molar-refractivity contribution in [1.82, 2.24) is 9.78 Å². The highest BCUT2D eigenvalue weighted by molar-refractivity contribution is 5.60. The molecular formula is C12H14N4O2. The molecule has 0 atom stereocenters. The molecule has 1 heterocycles. The van der Waals surface area contributed by atoms with Crippen LogP contribution in [0.4, 0.5) is 11.5 Å². The first-order valence-corrected chi connectivity index (χ1v) is 5.60. The molecule has 2 rings (SSSR count). The molecule has 0 aliphatic heterocycles. The SMILES string of the molecule is CC(C)c1nn(-c2ccccc2)c(N)c1[N+](=O)[O-]. The molecule has 1 aromatic heterocycles. The van der Waals surface area contributed by atoms with E-state index in [1.165, 1.54) is 4.68 Å². The molecule has 6 heteroatoms. The molecule has 0 bridgehead atoms. The van der Waals surface area contributed by atoms with Crippen molar-refractivity contribution in [3.05, 3.63) is 46.1 Å². The van der Waals surface area contributed by atoms with Gasteiger partial charge >= 0.3 is 5.69 Å². The summed E-state index contributed by atoms with van der Waals surface area (Å²) < 4.78 is 1.41. The van der Waals surface area contributed by atoms with Crippen molar-refractivity contribution in [2.24, 2.45) is 0 Å². The summed E-state index contributed by atoms with van der Waals surface area (Å²) in [7, 11) is 0. The summed E-state index contributed by atoms with van der Waals surface area (Å²) in [6.45, 7) is 3.70. The van der Waals surface area contributed by atoms with Crippen LogP contribution in [-0.4, -0.2) is 14.7 Å². The van der Waals surface area contributed by atoms with Gasteiger partial charge in [-0.2, -0.15) is 5.10 Å². The van der Waals surface area contributed by atoms with Crippen LogP contribution in [-0.2, 0) is 0 Å². The lowest BCUT2D eigenvalue weighted by atomic mass is 10.1. The van der Waals surface area contributed by atoms with E-state index in [0.717, 1.165) is 0 Å². The van der Waals surface area contributed by atoms with E-state index in [1.54, 1.807) is 12.1 Å². The Morgan fingerprint density at radius 3 is 2.39 bits per heavy atom. The molecular weight excluding hydrogens is 232 g/mol. The molecule has 6 nitrogen and oxygen atoms in total. The van der Waals surface area contributed by atoms with Gasteiger partial charge in [-0.3, -0.25) is 10.1 Å². The Morgan fingerprint density at radius 2 is 1.94 bits per heavy atom. The van der Waals surface area contributed by atoms with Crippen LogP contribution in [0, 0.1) is 10.1 Å². The van der Waals surface area contributed by atoms with Crippen LogP contribution in [0.2, 0.25) is 0 Å². The number of nitrogen functional groups attached to an aromatic ring is 1. The lowest BCUT2D eigenvalue weighted by molar-refractivity contribution is -0.384. The minimum Gasteiger partial charge on any atom is -0.378 e. The fraction of sp³-hybridized carbons (Fsp3) is 0.250. The topological polar surface area (TPSA) is 87.0 Å². The van der Waals surface area contributed by atoms with Gasteiger partial charge in [0, 0.05) is 5.92 Å². The van der Waals surface area contributed by atoms with Crippen LogP contribution in [0.1, 0.15) is 25.5 Å². The van der Waals surface area contributed by atoms with E-state index >= 15 is 0 Å². The summed E-state index contributed by atoms with van der Waals surface area (Å²) in [5.74, 6) is 0.00700. The van der Waals surface area contributed by atoms with Crippen molar-refractivity contribution in [3.8, 4) is 5.69 Å². The molecule has 0 saturated carbocycles. The summed E-state index contributed by atoms with van der Waals surface area (Å²) in [6.07, 6.45) is 0. The highest BCUT2D eigenvalue weighted by Crippen LogP contribution is 2.32. The Labute approximate surface area is 104 Å². The second-order valence-corrected chi connectivity index (χ2v) is 4.28. The van der Waals surface area contributed by atoms with E-state index in [1.807, 2.05) is 32.0 Å². The average Bonchev–Trinajstić information content (AvgIpc) is 2.68. The van der Waals surface area contributed by atoms with Gasteiger partial charge in [0.05, 0.1) is 10.6 Å². The van der Waals surface area contributed by atoms with Crippen LogP contribution < -0.4 is 5.73 Å². The van der Waals surface area contributed by atoms with Gasteiger partial charge in [0.2, 0.25) is 5.82 Å². The maximum Gasteiger partial charge on any atom is 0.334 e. The van der Waals surface area contributed by atoms with Gasteiger partial charge in [-0.25, -0.2) is 4.68 Å². The summed E-state index contributed by atoms with van der Waals surface area (Å²) in [5.41, 5.74) is 6.85. The van der Waals surface area contributed by atoms with Crippen molar-refractivity contribution < 1.29 is 4.92 Å². The number of hydrogen-bond donors (Lipinski definition) is 1. The zero-order valence-corrected chi connectivity index (χ0v) is 10.2. The number of nitrogens with two attached hydrogens (primary N) is 1. The van der Waals surface area contributed by atoms with Crippen molar-refractivity contribution in [3.63, 3.8) is 0 Å². The Hall–Kier alpha value is -2.37. The lowest BCUT2D eigenvalue weighted by Crippen LogP contribution is -2.02. The second kappa shape index (κ2) is 4.48. The third-order valence-electron chi connectivity index (χ3n) is 2.65. The van der Waals surface area contributed by atoms with Crippen molar-refractivity contribution in [1.29, 1.82) is 0 Å². The van der Waals surface area contributed by atoms with Gasteiger partial charge < -0.3 is 5.73 Å². The fourth-order valence-corrected chi connectivity index (χ4v) is 1.78. The van der Waals surface area contributed by atoms with Crippen LogP contribution in [0.25, 0.3) is 5.69 Å². The number of rotatable bonds is 3. The molecule has 0 aliphatic carbocycles. The maximum atomic E-state index is 11.1. The smallest absolute Gasteiger partial charge is 0.334 e. The molecule has 0 amide bonds. The number of aromatic nitrogens is 2. The van der Waals surface area contributed by atoms with Gasteiger partial charge in [0.15, 0.2) is 0 Å². The quantitative estimate of drug-likeness (QED) is 0.665. The molecule has 0 aliphatic rings. The minimum absolute atomic E-state index is 0.0577. The molecule has 2 N–H and O–H groups in total. The molecule has 0 saturated heterocycles. The van der Waals surface area contributed by atoms with Crippen LogP contribution in [0.5, 0.6) is 0 Å². The van der Waals surface area contributed by atoms with Gasteiger partial charge in [0.25, 0.3) is 0 Å². The largest absolute Gasteiger partial charge is 0.378 e. The molecule has 2 aromatic rings. The van der Waals surface area contributed by atoms with E-state index in [9.17, 15) is 10.1 Å². The molecule has 0 radical (unpaired) electrons. The van der Waals surface area contributed by atoms with E-state index in [4.69, 9.17) is 5.73 Å². The predicted molar refractivity (Wildman–Crippen MR) is 68.7 cm³/mol. The van der Waals surface area contributed by atoms with Crippen LogP contribution >= 0.6 is 0 Å². The minimum atomic E-state index is -0.475. The van der Waals surface area contributed by atoms with Crippen molar-refractivity contribution in [2.45, 2.75) is 19.8 Å². The summed E-state index contributed by atoms with van der Waals surface area (Å²) in [6, 6.07) is 9.13. The summed E-state index contributed by atoms with van der Waals surface area (Å²) in [5, 5.41) is 15.3. The van der Waals surface area contributed by atoms with E-state index in [0.29, 0.717) is 11.4 Å². The van der Waals surface area contributed by atoms with E-state index in [2.05, 4.69) is 5.10 Å². The molecule has 94 valence electrons. The first kappa shape index (κ1) is 12.1. The molecule has 0 spiro atoms.